The van der Waals surface area contributed by atoms with Gasteiger partial charge in [-0.3, -0.25) is 4.98 Å². The van der Waals surface area contributed by atoms with Gasteiger partial charge in [-0.15, -0.1) is 0 Å². The molecule has 2 heteroatoms. The first-order valence-corrected chi connectivity index (χ1v) is 5.87. The Hall–Kier alpha value is -1.67. The number of benzene rings is 1. The normalized spacial score (nSPS) is 12.4. The minimum Gasteiger partial charge on any atom is -0.309 e. The first kappa shape index (κ1) is 11.8. The average molecular weight is 226 g/mol. The van der Waals surface area contributed by atoms with Crippen LogP contribution >= 0.6 is 0 Å². The summed E-state index contributed by atoms with van der Waals surface area (Å²) < 4.78 is 0. The van der Waals surface area contributed by atoms with Crippen LogP contribution in [0.15, 0.2) is 42.7 Å². The van der Waals surface area contributed by atoms with Crippen molar-refractivity contribution in [3.05, 3.63) is 65.0 Å². The third-order valence-electron chi connectivity index (χ3n) is 3.16. The van der Waals surface area contributed by atoms with E-state index in [9.17, 15) is 0 Å². The third kappa shape index (κ3) is 2.37. The standard InChI is InChI=1S/C15H18N2/c1-11-6-4-5-7-13(11)15(16-3)14-8-9-17-10-12(14)2/h4-10,15-16H,1-3H3. The lowest BCUT2D eigenvalue weighted by molar-refractivity contribution is 0.682. The molecule has 1 N–H and O–H groups in total. The average Bonchev–Trinajstić information content (AvgIpc) is 2.34. The molecular weight excluding hydrogens is 208 g/mol. The second-order valence-electron chi connectivity index (χ2n) is 4.31. The van der Waals surface area contributed by atoms with Gasteiger partial charge in [-0.1, -0.05) is 24.3 Å². The van der Waals surface area contributed by atoms with E-state index in [1.165, 1.54) is 22.3 Å². The Morgan fingerprint density at radius 1 is 1.00 bits per heavy atom. The predicted molar refractivity (Wildman–Crippen MR) is 71.1 cm³/mol. The maximum Gasteiger partial charge on any atom is 0.0580 e. The van der Waals surface area contributed by atoms with Gasteiger partial charge in [0.15, 0.2) is 0 Å². The van der Waals surface area contributed by atoms with Crippen molar-refractivity contribution in [2.24, 2.45) is 0 Å². The highest BCUT2D eigenvalue weighted by Gasteiger charge is 2.15. The van der Waals surface area contributed by atoms with Crippen LogP contribution < -0.4 is 5.32 Å². The van der Waals surface area contributed by atoms with Crippen LogP contribution in [0.4, 0.5) is 0 Å². The Bertz CT molecular complexity index is 460. The van der Waals surface area contributed by atoms with Crippen molar-refractivity contribution < 1.29 is 0 Å². The summed E-state index contributed by atoms with van der Waals surface area (Å²) in [5.41, 5.74) is 5.14. The van der Waals surface area contributed by atoms with Gasteiger partial charge in [0.25, 0.3) is 0 Å². The van der Waals surface area contributed by atoms with Crippen LogP contribution in [0, 0.1) is 13.8 Å². The van der Waals surface area contributed by atoms with Crippen molar-refractivity contribution in [2.45, 2.75) is 19.9 Å². The molecule has 88 valence electrons. The molecule has 0 amide bonds. The lowest BCUT2D eigenvalue weighted by atomic mass is 9.93. The predicted octanol–water partition coefficient (Wildman–Crippen LogP) is 3.01. The molecule has 17 heavy (non-hydrogen) atoms. The van der Waals surface area contributed by atoms with Gasteiger partial charge >= 0.3 is 0 Å². The van der Waals surface area contributed by atoms with E-state index in [1.54, 1.807) is 0 Å². The molecule has 0 fully saturated rings. The van der Waals surface area contributed by atoms with Gasteiger partial charge in [-0.2, -0.15) is 0 Å². The molecule has 1 unspecified atom stereocenters. The zero-order valence-electron chi connectivity index (χ0n) is 10.6. The largest absolute Gasteiger partial charge is 0.309 e. The molecule has 1 aromatic carbocycles. The van der Waals surface area contributed by atoms with E-state index in [4.69, 9.17) is 0 Å². The molecule has 2 rings (SSSR count). The first-order valence-electron chi connectivity index (χ1n) is 5.87. The van der Waals surface area contributed by atoms with E-state index in [1.807, 2.05) is 19.4 Å². The van der Waals surface area contributed by atoms with Gasteiger partial charge in [0.2, 0.25) is 0 Å². The number of aromatic nitrogens is 1. The van der Waals surface area contributed by atoms with Crippen molar-refractivity contribution in [3.8, 4) is 0 Å². The molecule has 2 aromatic rings. The second kappa shape index (κ2) is 5.11. The van der Waals surface area contributed by atoms with E-state index < -0.39 is 0 Å². The number of hydrogen-bond acceptors (Lipinski definition) is 2. The van der Waals surface area contributed by atoms with E-state index >= 15 is 0 Å². The topological polar surface area (TPSA) is 24.9 Å². The molecule has 1 heterocycles. The van der Waals surface area contributed by atoms with Crippen LogP contribution in [0.5, 0.6) is 0 Å². The third-order valence-corrected chi connectivity index (χ3v) is 3.16. The minimum absolute atomic E-state index is 0.235. The van der Waals surface area contributed by atoms with E-state index in [2.05, 4.69) is 54.5 Å². The summed E-state index contributed by atoms with van der Waals surface area (Å²) in [4.78, 5) is 4.15. The molecule has 0 saturated carbocycles. The quantitative estimate of drug-likeness (QED) is 0.870. The van der Waals surface area contributed by atoms with Gasteiger partial charge in [0, 0.05) is 12.4 Å². The molecule has 0 saturated heterocycles. The maximum absolute atomic E-state index is 4.15. The van der Waals surface area contributed by atoms with E-state index in [0.29, 0.717) is 0 Å². The Kier molecular flexibility index (Phi) is 3.55. The molecule has 0 spiro atoms. The summed E-state index contributed by atoms with van der Waals surface area (Å²) in [6.07, 6.45) is 3.77. The monoisotopic (exact) mass is 226 g/mol. The minimum atomic E-state index is 0.235. The van der Waals surface area contributed by atoms with Crippen molar-refractivity contribution in [3.63, 3.8) is 0 Å². The lowest BCUT2D eigenvalue weighted by Gasteiger charge is -2.20. The van der Waals surface area contributed by atoms with Crippen molar-refractivity contribution >= 4 is 0 Å². The summed E-state index contributed by atoms with van der Waals surface area (Å²) in [5, 5.41) is 3.39. The zero-order valence-corrected chi connectivity index (χ0v) is 10.6. The number of pyridine rings is 1. The van der Waals surface area contributed by atoms with Crippen LogP contribution in [-0.4, -0.2) is 12.0 Å². The Labute approximate surface area is 103 Å². The van der Waals surface area contributed by atoms with Crippen LogP contribution in [0.1, 0.15) is 28.3 Å². The molecule has 0 aliphatic carbocycles. The fraction of sp³-hybridized carbons (Fsp3) is 0.267. The molecular formula is C15H18N2. The molecule has 0 bridgehead atoms. The Balaban J connectivity index is 2.48. The number of nitrogens with one attached hydrogen (secondary N) is 1. The summed E-state index contributed by atoms with van der Waals surface area (Å²) in [5.74, 6) is 0. The fourth-order valence-corrected chi connectivity index (χ4v) is 2.20. The highest BCUT2D eigenvalue weighted by Crippen LogP contribution is 2.26. The van der Waals surface area contributed by atoms with Gasteiger partial charge < -0.3 is 5.32 Å². The highest BCUT2D eigenvalue weighted by molar-refractivity contribution is 5.38. The van der Waals surface area contributed by atoms with Crippen LogP contribution in [0.2, 0.25) is 0 Å². The summed E-state index contributed by atoms with van der Waals surface area (Å²) in [6, 6.07) is 10.8. The highest BCUT2D eigenvalue weighted by atomic mass is 14.9. The second-order valence-corrected chi connectivity index (χ2v) is 4.31. The molecule has 1 aromatic heterocycles. The molecule has 0 aliphatic rings. The van der Waals surface area contributed by atoms with Crippen molar-refractivity contribution in [2.75, 3.05) is 7.05 Å². The molecule has 2 nitrogen and oxygen atoms in total. The van der Waals surface area contributed by atoms with Gasteiger partial charge in [0.1, 0.15) is 0 Å². The Morgan fingerprint density at radius 3 is 2.35 bits per heavy atom. The maximum atomic E-state index is 4.15. The number of rotatable bonds is 3. The molecule has 1 atom stereocenters. The summed E-state index contributed by atoms with van der Waals surface area (Å²) >= 11 is 0. The van der Waals surface area contributed by atoms with Crippen molar-refractivity contribution in [1.29, 1.82) is 0 Å². The van der Waals surface area contributed by atoms with Gasteiger partial charge in [-0.05, 0) is 49.2 Å². The van der Waals surface area contributed by atoms with Crippen molar-refractivity contribution in [1.82, 2.24) is 10.3 Å². The smallest absolute Gasteiger partial charge is 0.0580 e. The van der Waals surface area contributed by atoms with Crippen LogP contribution in [0.3, 0.4) is 0 Å². The molecule has 0 aliphatic heterocycles. The number of nitrogens with zero attached hydrogens (tertiary/aromatic N) is 1. The van der Waals surface area contributed by atoms with E-state index in [0.717, 1.165) is 0 Å². The molecule has 0 radical (unpaired) electrons. The lowest BCUT2D eigenvalue weighted by Crippen LogP contribution is -2.19. The van der Waals surface area contributed by atoms with Crippen LogP contribution in [-0.2, 0) is 0 Å². The van der Waals surface area contributed by atoms with E-state index in [-0.39, 0.29) is 6.04 Å². The number of aryl methyl sites for hydroxylation is 2. The van der Waals surface area contributed by atoms with Gasteiger partial charge in [0.05, 0.1) is 6.04 Å². The Morgan fingerprint density at radius 2 is 1.71 bits per heavy atom. The fourth-order valence-electron chi connectivity index (χ4n) is 2.20. The SMILES string of the molecule is CNC(c1ccccc1C)c1ccncc1C. The van der Waals surface area contributed by atoms with Gasteiger partial charge in [-0.25, -0.2) is 0 Å². The number of hydrogen-bond donors (Lipinski definition) is 1. The van der Waals surface area contributed by atoms with Crippen LogP contribution in [0.25, 0.3) is 0 Å². The summed E-state index contributed by atoms with van der Waals surface area (Å²) in [6.45, 7) is 4.25. The summed E-state index contributed by atoms with van der Waals surface area (Å²) in [7, 11) is 2.00. The zero-order chi connectivity index (χ0) is 12.3. The first-order chi connectivity index (χ1) is 8.24.